The summed E-state index contributed by atoms with van der Waals surface area (Å²) < 4.78 is 0. The van der Waals surface area contributed by atoms with Crippen molar-refractivity contribution in [3.8, 4) is 0 Å². The second-order valence-electron chi connectivity index (χ2n) is 5.47. The molecule has 0 amide bonds. The molecule has 1 heterocycles. The Kier molecular flexibility index (Phi) is 3.36. The van der Waals surface area contributed by atoms with Crippen molar-refractivity contribution >= 4 is 0 Å². The minimum atomic E-state index is 0.262. The molecule has 0 aromatic heterocycles. The SMILES string of the molecule is CC(C)N1CC[C@H](NC(C)(C)C)C1. The van der Waals surface area contributed by atoms with Gasteiger partial charge in [-0.1, -0.05) is 0 Å². The van der Waals surface area contributed by atoms with Crippen LogP contribution in [0.25, 0.3) is 0 Å². The molecule has 1 saturated heterocycles. The van der Waals surface area contributed by atoms with Crippen LogP contribution in [0.15, 0.2) is 0 Å². The molecule has 2 nitrogen and oxygen atoms in total. The van der Waals surface area contributed by atoms with E-state index in [1.54, 1.807) is 0 Å². The molecule has 0 unspecified atom stereocenters. The first-order valence-corrected chi connectivity index (χ1v) is 5.40. The van der Waals surface area contributed by atoms with Crippen LogP contribution in [0.2, 0.25) is 0 Å². The van der Waals surface area contributed by atoms with E-state index in [2.05, 4.69) is 44.8 Å². The quantitative estimate of drug-likeness (QED) is 0.704. The minimum Gasteiger partial charge on any atom is -0.308 e. The summed E-state index contributed by atoms with van der Waals surface area (Å²) in [7, 11) is 0. The van der Waals surface area contributed by atoms with Gasteiger partial charge >= 0.3 is 0 Å². The van der Waals surface area contributed by atoms with Gasteiger partial charge in [0.1, 0.15) is 0 Å². The lowest BCUT2D eigenvalue weighted by molar-refractivity contribution is 0.259. The van der Waals surface area contributed by atoms with Gasteiger partial charge in [0, 0.05) is 24.2 Å². The van der Waals surface area contributed by atoms with Crippen LogP contribution in [0.4, 0.5) is 0 Å². The molecule has 1 aliphatic rings. The number of hydrogen-bond acceptors (Lipinski definition) is 2. The van der Waals surface area contributed by atoms with Crippen molar-refractivity contribution in [1.82, 2.24) is 10.2 Å². The zero-order chi connectivity index (χ0) is 10.1. The van der Waals surface area contributed by atoms with E-state index >= 15 is 0 Å². The zero-order valence-electron chi connectivity index (χ0n) is 9.72. The molecule has 78 valence electrons. The summed E-state index contributed by atoms with van der Waals surface area (Å²) in [5.74, 6) is 0. The van der Waals surface area contributed by atoms with Crippen LogP contribution in [-0.2, 0) is 0 Å². The van der Waals surface area contributed by atoms with Gasteiger partial charge in [-0.05, 0) is 47.6 Å². The standard InChI is InChI=1S/C11H24N2/c1-9(2)13-7-6-10(8-13)12-11(3,4)5/h9-10,12H,6-8H2,1-5H3/t10-/m0/s1. The van der Waals surface area contributed by atoms with Gasteiger partial charge < -0.3 is 5.32 Å². The van der Waals surface area contributed by atoms with E-state index in [1.165, 1.54) is 19.5 Å². The molecule has 1 atom stereocenters. The highest BCUT2D eigenvalue weighted by Crippen LogP contribution is 2.14. The number of hydrogen-bond donors (Lipinski definition) is 1. The number of rotatable bonds is 2. The predicted octanol–water partition coefficient (Wildman–Crippen LogP) is 1.86. The van der Waals surface area contributed by atoms with Gasteiger partial charge in [-0.25, -0.2) is 0 Å². The molecular weight excluding hydrogens is 160 g/mol. The van der Waals surface area contributed by atoms with Crippen molar-refractivity contribution in [2.75, 3.05) is 13.1 Å². The fourth-order valence-corrected chi connectivity index (χ4v) is 1.99. The van der Waals surface area contributed by atoms with Gasteiger partial charge in [0.15, 0.2) is 0 Å². The maximum absolute atomic E-state index is 3.66. The molecule has 2 heteroatoms. The van der Waals surface area contributed by atoms with Crippen molar-refractivity contribution in [3.63, 3.8) is 0 Å². The average molecular weight is 184 g/mol. The van der Waals surface area contributed by atoms with Crippen LogP contribution in [0.1, 0.15) is 41.0 Å². The number of nitrogens with zero attached hydrogens (tertiary/aromatic N) is 1. The van der Waals surface area contributed by atoms with E-state index in [1.807, 2.05) is 0 Å². The first kappa shape index (κ1) is 11.0. The summed E-state index contributed by atoms with van der Waals surface area (Å²) in [5.41, 5.74) is 0.262. The molecule has 0 bridgehead atoms. The van der Waals surface area contributed by atoms with Crippen LogP contribution in [-0.4, -0.2) is 35.6 Å². The topological polar surface area (TPSA) is 15.3 Å². The Bertz CT molecular complexity index is 158. The predicted molar refractivity (Wildman–Crippen MR) is 58.0 cm³/mol. The first-order chi connectivity index (χ1) is 5.88. The summed E-state index contributed by atoms with van der Waals surface area (Å²) in [4.78, 5) is 2.55. The van der Waals surface area contributed by atoms with Crippen LogP contribution in [0, 0.1) is 0 Å². The lowest BCUT2D eigenvalue weighted by Crippen LogP contribution is -2.45. The van der Waals surface area contributed by atoms with Crippen LogP contribution in [0.3, 0.4) is 0 Å². The van der Waals surface area contributed by atoms with Gasteiger partial charge in [-0.15, -0.1) is 0 Å². The Labute approximate surface area is 82.7 Å². The fourth-order valence-electron chi connectivity index (χ4n) is 1.99. The molecule has 1 rings (SSSR count). The van der Waals surface area contributed by atoms with E-state index in [0.717, 1.165) is 0 Å². The van der Waals surface area contributed by atoms with E-state index < -0.39 is 0 Å². The first-order valence-electron chi connectivity index (χ1n) is 5.40. The Hall–Kier alpha value is -0.0800. The third-order valence-electron chi connectivity index (χ3n) is 2.59. The molecule has 0 aromatic carbocycles. The van der Waals surface area contributed by atoms with Crippen molar-refractivity contribution in [3.05, 3.63) is 0 Å². The zero-order valence-corrected chi connectivity index (χ0v) is 9.72. The van der Waals surface area contributed by atoms with Gasteiger partial charge in [0.2, 0.25) is 0 Å². The molecular formula is C11H24N2. The highest BCUT2D eigenvalue weighted by molar-refractivity contribution is 4.86. The largest absolute Gasteiger partial charge is 0.308 e. The van der Waals surface area contributed by atoms with Crippen molar-refractivity contribution in [1.29, 1.82) is 0 Å². The van der Waals surface area contributed by atoms with Crippen LogP contribution in [0.5, 0.6) is 0 Å². The summed E-state index contributed by atoms with van der Waals surface area (Å²) in [6.07, 6.45) is 1.30. The highest BCUT2D eigenvalue weighted by atomic mass is 15.2. The van der Waals surface area contributed by atoms with Crippen LogP contribution < -0.4 is 5.32 Å². The summed E-state index contributed by atoms with van der Waals surface area (Å²) in [5, 5.41) is 3.66. The summed E-state index contributed by atoms with van der Waals surface area (Å²) in [6, 6.07) is 1.40. The van der Waals surface area contributed by atoms with Crippen molar-refractivity contribution in [2.45, 2.75) is 58.7 Å². The minimum absolute atomic E-state index is 0.262. The van der Waals surface area contributed by atoms with Crippen molar-refractivity contribution < 1.29 is 0 Å². The van der Waals surface area contributed by atoms with Gasteiger partial charge in [0.05, 0.1) is 0 Å². The van der Waals surface area contributed by atoms with E-state index in [9.17, 15) is 0 Å². The summed E-state index contributed by atoms with van der Waals surface area (Å²) >= 11 is 0. The molecule has 1 N–H and O–H groups in total. The maximum atomic E-state index is 3.66. The monoisotopic (exact) mass is 184 g/mol. The van der Waals surface area contributed by atoms with E-state index in [-0.39, 0.29) is 5.54 Å². The molecule has 0 aliphatic carbocycles. The van der Waals surface area contributed by atoms with E-state index in [4.69, 9.17) is 0 Å². The third-order valence-corrected chi connectivity index (χ3v) is 2.59. The number of likely N-dealkylation sites (tertiary alicyclic amines) is 1. The molecule has 0 aromatic rings. The molecule has 1 fully saturated rings. The normalized spacial score (nSPS) is 25.8. The maximum Gasteiger partial charge on any atom is 0.0212 e. The van der Waals surface area contributed by atoms with Crippen molar-refractivity contribution in [2.24, 2.45) is 0 Å². The van der Waals surface area contributed by atoms with Gasteiger partial charge in [-0.2, -0.15) is 0 Å². The van der Waals surface area contributed by atoms with E-state index in [0.29, 0.717) is 12.1 Å². The summed E-state index contributed by atoms with van der Waals surface area (Å²) in [6.45, 7) is 13.8. The van der Waals surface area contributed by atoms with Crippen LogP contribution >= 0.6 is 0 Å². The molecule has 0 spiro atoms. The average Bonchev–Trinajstić information content (AvgIpc) is 2.31. The fraction of sp³-hybridized carbons (Fsp3) is 1.00. The third kappa shape index (κ3) is 3.65. The highest BCUT2D eigenvalue weighted by Gasteiger charge is 2.26. The molecule has 0 saturated carbocycles. The smallest absolute Gasteiger partial charge is 0.0212 e. The van der Waals surface area contributed by atoms with Gasteiger partial charge in [0.25, 0.3) is 0 Å². The molecule has 1 aliphatic heterocycles. The Morgan fingerprint density at radius 3 is 2.31 bits per heavy atom. The second-order valence-corrected chi connectivity index (χ2v) is 5.47. The Morgan fingerprint density at radius 1 is 1.31 bits per heavy atom. The number of nitrogens with one attached hydrogen (secondary N) is 1. The second kappa shape index (κ2) is 3.97. The molecule has 13 heavy (non-hydrogen) atoms. The lowest BCUT2D eigenvalue weighted by atomic mass is 10.1. The lowest BCUT2D eigenvalue weighted by Gasteiger charge is -2.26. The van der Waals surface area contributed by atoms with Gasteiger partial charge in [-0.3, -0.25) is 4.90 Å². The Morgan fingerprint density at radius 2 is 1.92 bits per heavy atom. The Balaban J connectivity index is 2.33. The molecule has 0 radical (unpaired) electrons.